The lowest BCUT2D eigenvalue weighted by atomic mass is 10.2. The normalized spacial score (nSPS) is 11.0. The van der Waals surface area contributed by atoms with Gasteiger partial charge in [-0.25, -0.2) is 0 Å². The van der Waals surface area contributed by atoms with E-state index in [4.69, 9.17) is 0 Å². The Morgan fingerprint density at radius 1 is 0.917 bits per heavy atom. The van der Waals surface area contributed by atoms with E-state index < -0.39 is 0 Å². The van der Waals surface area contributed by atoms with Crippen LogP contribution < -0.4 is 0 Å². The highest BCUT2D eigenvalue weighted by atomic mass is 127. The Hall–Kier alpha value is 0.690. The van der Waals surface area contributed by atoms with E-state index >= 15 is 0 Å². The molecule has 0 heterocycles. The van der Waals surface area contributed by atoms with Gasteiger partial charge in [-0.15, -0.1) is 0 Å². The minimum absolute atomic E-state index is 1.21. The summed E-state index contributed by atoms with van der Waals surface area (Å²) in [6.45, 7) is 8.21. The van der Waals surface area contributed by atoms with Crippen molar-refractivity contribution in [3.05, 3.63) is 0 Å². The van der Waals surface area contributed by atoms with Crippen molar-refractivity contribution in [2.75, 3.05) is 24.1 Å². The average molecular weight is 283 g/mol. The molecule has 0 saturated heterocycles. The van der Waals surface area contributed by atoms with Gasteiger partial charge in [-0.2, -0.15) is 0 Å². The fraction of sp³-hybridized carbons (Fsp3) is 1.00. The largest absolute Gasteiger partial charge is 0.304 e. The Labute approximate surface area is 91.0 Å². The summed E-state index contributed by atoms with van der Waals surface area (Å²) in [6, 6.07) is 0. The number of halogens is 1. The van der Waals surface area contributed by atoms with Gasteiger partial charge in [0, 0.05) is 0 Å². The average Bonchev–Trinajstić information content (AvgIpc) is 2.11. The van der Waals surface area contributed by atoms with Crippen LogP contribution in [0.3, 0.4) is 0 Å². The van der Waals surface area contributed by atoms with Gasteiger partial charge in [0.2, 0.25) is 0 Å². The van der Waals surface area contributed by atoms with E-state index in [9.17, 15) is 0 Å². The first-order valence-electron chi connectivity index (χ1n) is 5.13. The summed E-state index contributed by atoms with van der Waals surface area (Å²) in [5.74, 6) is 0. The van der Waals surface area contributed by atoms with Crippen LogP contribution in [-0.2, 0) is 0 Å². The molecule has 0 aliphatic rings. The maximum atomic E-state index is 2.50. The molecule has 0 aromatic rings. The molecule has 0 atom stereocenters. The zero-order valence-corrected chi connectivity index (χ0v) is 10.6. The van der Waals surface area contributed by atoms with Crippen LogP contribution >= 0.6 is 22.6 Å². The molecule has 12 heavy (non-hydrogen) atoms. The number of unbranched alkanes of at least 4 members (excludes halogenated alkanes) is 3. The van der Waals surface area contributed by atoms with Crippen LogP contribution in [0.25, 0.3) is 0 Å². The Morgan fingerprint density at radius 2 is 1.50 bits per heavy atom. The lowest BCUT2D eigenvalue weighted by Gasteiger charge is -2.17. The first-order valence-corrected chi connectivity index (χ1v) is 6.66. The molecular formula is C10H22IN. The maximum absolute atomic E-state index is 2.50. The Kier molecular flexibility index (Phi) is 10.3. The van der Waals surface area contributed by atoms with Gasteiger partial charge in [0.05, 0.1) is 0 Å². The SMILES string of the molecule is CCN(CC)CCCCCCI. The molecular weight excluding hydrogens is 261 g/mol. The molecule has 1 nitrogen and oxygen atoms in total. The molecule has 2 heteroatoms. The van der Waals surface area contributed by atoms with Gasteiger partial charge in [-0.3, -0.25) is 0 Å². The molecule has 0 aromatic heterocycles. The summed E-state index contributed by atoms with van der Waals surface area (Å²) >= 11 is 2.46. The quantitative estimate of drug-likeness (QED) is 0.375. The second-order valence-electron chi connectivity index (χ2n) is 3.13. The van der Waals surface area contributed by atoms with Crippen LogP contribution in [0.2, 0.25) is 0 Å². The van der Waals surface area contributed by atoms with Crippen molar-refractivity contribution in [1.29, 1.82) is 0 Å². The summed E-state index contributed by atoms with van der Waals surface area (Å²) in [4.78, 5) is 2.50. The summed E-state index contributed by atoms with van der Waals surface area (Å²) in [5, 5.41) is 0. The Bertz CT molecular complexity index is 81.9. The van der Waals surface area contributed by atoms with E-state index in [1.165, 1.54) is 49.7 Å². The third kappa shape index (κ3) is 7.35. The number of nitrogens with zero attached hydrogens (tertiary/aromatic N) is 1. The maximum Gasteiger partial charge on any atom is -0.000473 e. The van der Waals surface area contributed by atoms with Crippen LogP contribution in [-0.4, -0.2) is 29.0 Å². The second-order valence-corrected chi connectivity index (χ2v) is 4.21. The molecule has 0 aliphatic carbocycles. The van der Waals surface area contributed by atoms with Gasteiger partial charge >= 0.3 is 0 Å². The summed E-state index contributed by atoms with van der Waals surface area (Å²) in [5.41, 5.74) is 0. The first-order chi connectivity index (χ1) is 5.85. The molecule has 0 amide bonds. The lowest BCUT2D eigenvalue weighted by molar-refractivity contribution is 0.296. The van der Waals surface area contributed by atoms with Gasteiger partial charge in [-0.05, 0) is 36.9 Å². The molecule has 0 aromatic carbocycles. The van der Waals surface area contributed by atoms with Gasteiger partial charge in [0.15, 0.2) is 0 Å². The van der Waals surface area contributed by atoms with E-state index in [-0.39, 0.29) is 0 Å². The first kappa shape index (κ1) is 12.7. The van der Waals surface area contributed by atoms with Crippen molar-refractivity contribution >= 4 is 22.6 Å². The summed E-state index contributed by atoms with van der Waals surface area (Å²) < 4.78 is 1.32. The molecule has 0 N–H and O–H groups in total. The van der Waals surface area contributed by atoms with Crippen molar-refractivity contribution in [2.24, 2.45) is 0 Å². The van der Waals surface area contributed by atoms with Gasteiger partial charge in [-0.1, -0.05) is 49.3 Å². The minimum Gasteiger partial charge on any atom is -0.304 e. The smallest absolute Gasteiger partial charge is 0.000473 e. The van der Waals surface area contributed by atoms with E-state index in [0.29, 0.717) is 0 Å². The number of hydrogen-bond donors (Lipinski definition) is 0. The standard InChI is InChI=1S/C10H22IN/c1-3-12(4-2)10-8-6-5-7-9-11/h3-10H2,1-2H3. The highest BCUT2D eigenvalue weighted by Gasteiger charge is 1.97. The predicted molar refractivity (Wildman–Crippen MR) is 65.1 cm³/mol. The van der Waals surface area contributed by atoms with Gasteiger partial charge in [0.25, 0.3) is 0 Å². The second kappa shape index (κ2) is 9.78. The van der Waals surface area contributed by atoms with Gasteiger partial charge < -0.3 is 4.90 Å². The third-order valence-electron chi connectivity index (χ3n) is 2.25. The van der Waals surface area contributed by atoms with E-state index in [1.807, 2.05) is 0 Å². The van der Waals surface area contributed by atoms with Crippen molar-refractivity contribution in [3.63, 3.8) is 0 Å². The highest BCUT2D eigenvalue weighted by molar-refractivity contribution is 14.1. The van der Waals surface area contributed by atoms with Crippen molar-refractivity contribution < 1.29 is 0 Å². The summed E-state index contributed by atoms with van der Waals surface area (Å²) in [7, 11) is 0. The molecule has 0 radical (unpaired) electrons. The molecule has 0 unspecified atom stereocenters. The number of hydrogen-bond acceptors (Lipinski definition) is 1. The van der Waals surface area contributed by atoms with Crippen LogP contribution in [0, 0.1) is 0 Å². The minimum atomic E-state index is 1.21. The van der Waals surface area contributed by atoms with Crippen LogP contribution in [0.15, 0.2) is 0 Å². The van der Waals surface area contributed by atoms with E-state index in [2.05, 4.69) is 41.3 Å². The zero-order valence-electron chi connectivity index (χ0n) is 8.48. The molecule has 0 fully saturated rings. The molecule has 0 aliphatic heterocycles. The Morgan fingerprint density at radius 3 is 2.00 bits per heavy atom. The summed E-state index contributed by atoms with van der Waals surface area (Å²) in [6.07, 6.45) is 5.63. The topological polar surface area (TPSA) is 3.24 Å². The molecule has 0 spiro atoms. The number of alkyl halides is 1. The third-order valence-corrected chi connectivity index (χ3v) is 3.02. The molecule has 0 saturated carbocycles. The molecule has 0 bridgehead atoms. The molecule has 0 rings (SSSR count). The fourth-order valence-electron chi connectivity index (χ4n) is 1.32. The fourth-order valence-corrected chi connectivity index (χ4v) is 1.86. The van der Waals surface area contributed by atoms with Crippen molar-refractivity contribution in [1.82, 2.24) is 4.90 Å². The van der Waals surface area contributed by atoms with E-state index in [1.54, 1.807) is 0 Å². The monoisotopic (exact) mass is 283 g/mol. The zero-order chi connectivity index (χ0) is 9.23. The predicted octanol–water partition coefficient (Wildman–Crippen LogP) is 3.32. The lowest BCUT2D eigenvalue weighted by Crippen LogP contribution is -2.23. The van der Waals surface area contributed by atoms with Crippen LogP contribution in [0.4, 0.5) is 0 Å². The highest BCUT2D eigenvalue weighted by Crippen LogP contribution is 2.03. The van der Waals surface area contributed by atoms with Gasteiger partial charge in [0.1, 0.15) is 0 Å². The van der Waals surface area contributed by atoms with E-state index in [0.717, 1.165) is 0 Å². The van der Waals surface area contributed by atoms with Crippen LogP contribution in [0.5, 0.6) is 0 Å². The van der Waals surface area contributed by atoms with Crippen LogP contribution in [0.1, 0.15) is 39.5 Å². The molecule has 74 valence electrons. The van der Waals surface area contributed by atoms with Crippen molar-refractivity contribution in [3.8, 4) is 0 Å². The van der Waals surface area contributed by atoms with Crippen molar-refractivity contribution in [2.45, 2.75) is 39.5 Å². The Balaban J connectivity index is 3.06. The number of rotatable bonds is 8.